The van der Waals surface area contributed by atoms with Gasteiger partial charge in [-0.1, -0.05) is 12.1 Å². The fourth-order valence-electron chi connectivity index (χ4n) is 1.67. The molecule has 0 spiro atoms. The van der Waals surface area contributed by atoms with E-state index < -0.39 is 18.4 Å². The van der Waals surface area contributed by atoms with Crippen LogP contribution in [0.25, 0.3) is 11.3 Å². The smallest absolute Gasteiger partial charge is 0.315 e. The number of halogens is 2. The third kappa shape index (κ3) is 3.61. The van der Waals surface area contributed by atoms with Gasteiger partial charge in [0.25, 0.3) is 5.91 Å². The number of aromatic nitrogens is 1. The minimum atomic E-state index is -3.04. The van der Waals surface area contributed by atoms with Gasteiger partial charge >= 0.3 is 6.43 Å². The number of nitrogens with zero attached hydrogens (tertiary/aromatic N) is 2. The van der Waals surface area contributed by atoms with E-state index in [1.807, 2.05) is 6.07 Å². The molecule has 1 heterocycles. The summed E-state index contributed by atoms with van der Waals surface area (Å²) < 4.78 is 24.4. The molecule has 7 heteroatoms. The van der Waals surface area contributed by atoms with Crippen LogP contribution in [0.4, 0.5) is 8.78 Å². The highest BCUT2D eigenvalue weighted by Gasteiger charge is 2.20. The SMILES string of the molecule is CC(NC(=O)C(F)F)c1nc(-c2ccc(C#N)cc2)cs1. The minimum absolute atomic E-state index is 0.545. The molecule has 4 nitrogen and oxygen atoms in total. The number of nitrogens with one attached hydrogen (secondary N) is 1. The molecule has 0 fully saturated rings. The number of thiazole rings is 1. The predicted octanol–water partition coefficient (Wildman–Crippen LogP) is 3.12. The molecular formula is C14H11F2N3OS. The van der Waals surface area contributed by atoms with Crippen LogP contribution in [0, 0.1) is 11.3 Å². The number of hydrogen-bond acceptors (Lipinski definition) is 4. The Morgan fingerprint density at radius 2 is 2.05 bits per heavy atom. The standard InChI is InChI=1S/C14H11F2N3OS/c1-8(18-13(20)12(15)16)14-19-11(7-21-14)10-4-2-9(6-17)3-5-10/h2-5,7-8,12H,1H3,(H,18,20). The Balaban J connectivity index is 2.13. The molecule has 1 unspecified atom stereocenters. The van der Waals surface area contributed by atoms with Crippen molar-refractivity contribution >= 4 is 17.2 Å². The van der Waals surface area contributed by atoms with Crippen molar-refractivity contribution in [2.45, 2.75) is 19.4 Å². The van der Waals surface area contributed by atoms with E-state index >= 15 is 0 Å². The van der Waals surface area contributed by atoms with Crippen molar-refractivity contribution in [1.29, 1.82) is 5.26 Å². The van der Waals surface area contributed by atoms with Crippen LogP contribution in [0.2, 0.25) is 0 Å². The average Bonchev–Trinajstić information content (AvgIpc) is 2.97. The van der Waals surface area contributed by atoms with Gasteiger partial charge in [0, 0.05) is 10.9 Å². The Kier molecular flexibility index (Phi) is 4.60. The lowest BCUT2D eigenvalue weighted by Crippen LogP contribution is -2.31. The molecule has 1 aromatic heterocycles. The lowest BCUT2D eigenvalue weighted by atomic mass is 10.1. The molecule has 0 bridgehead atoms. The predicted molar refractivity (Wildman–Crippen MR) is 74.8 cm³/mol. The second-order valence-electron chi connectivity index (χ2n) is 4.29. The lowest BCUT2D eigenvalue weighted by Gasteiger charge is -2.10. The third-order valence-electron chi connectivity index (χ3n) is 2.76. The molecule has 2 aromatic rings. The number of benzene rings is 1. The number of carbonyl (C=O) groups excluding carboxylic acids is 1. The molecule has 2 rings (SSSR count). The van der Waals surface area contributed by atoms with Gasteiger partial charge in [0.05, 0.1) is 23.4 Å². The van der Waals surface area contributed by atoms with E-state index in [0.717, 1.165) is 5.56 Å². The first-order chi connectivity index (χ1) is 10.0. The highest BCUT2D eigenvalue weighted by atomic mass is 32.1. The third-order valence-corrected chi connectivity index (χ3v) is 3.79. The molecule has 0 saturated carbocycles. The molecule has 0 aliphatic rings. The van der Waals surface area contributed by atoms with Crippen LogP contribution < -0.4 is 5.32 Å². The number of hydrogen-bond donors (Lipinski definition) is 1. The van der Waals surface area contributed by atoms with E-state index in [1.54, 1.807) is 36.6 Å². The van der Waals surface area contributed by atoms with Gasteiger partial charge < -0.3 is 5.32 Å². The molecule has 1 amide bonds. The largest absolute Gasteiger partial charge is 0.342 e. The minimum Gasteiger partial charge on any atom is -0.342 e. The summed E-state index contributed by atoms with van der Waals surface area (Å²) in [6.45, 7) is 1.60. The van der Waals surface area contributed by atoms with Crippen molar-refractivity contribution in [3.05, 3.63) is 40.2 Å². The van der Waals surface area contributed by atoms with E-state index in [1.165, 1.54) is 11.3 Å². The Hall–Kier alpha value is -2.33. The van der Waals surface area contributed by atoms with E-state index in [-0.39, 0.29) is 0 Å². The first-order valence-corrected chi connectivity index (χ1v) is 6.93. The van der Waals surface area contributed by atoms with Crippen molar-refractivity contribution in [1.82, 2.24) is 10.3 Å². The summed E-state index contributed by atoms with van der Waals surface area (Å²) in [5.74, 6) is -1.31. The zero-order chi connectivity index (χ0) is 15.4. The molecular weight excluding hydrogens is 296 g/mol. The van der Waals surface area contributed by atoms with Crippen LogP contribution in [0.15, 0.2) is 29.6 Å². The van der Waals surface area contributed by atoms with Crippen LogP contribution in [0.3, 0.4) is 0 Å². The zero-order valence-corrected chi connectivity index (χ0v) is 11.8. The first kappa shape index (κ1) is 15.1. The van der Waals surface area contributed by atoms with Crippen molar-refractivity contribution in [2.24, 2.45) is 0 Å². The van der Waals surface area contributed by atoms with E-state index in [9.17, 15) is 13.6 Å². The van der Waals surface area contributed by atoms with E-state index in [4.69, 9.17) is 5.26 Å². The number of amides is 1. The molecule has 1 N–H and O–H groups in total. The summed E-state index contributed by atoms with van der Waals surface area (Å²) in [5.41, 5.74) is 2.05. The van der Waals surface area contributed by atoms with Gasteiger partial charge in [-0.2, -0.15) is 14.0 Å². The summed E-state index contributed by atoms with van der Waals surface area (Å²) >= 11 is 1.28. The van der Waals surface area contributed by atoms with Gasteiger partial charge in [0.1, 0.15) is 5.01 Å². The Labute approximate surface area is 124 Å². The molecule has 0 aliphatic heterocycles. The maximum atomic E-state index is 12.2. The monoisotopic (exact) mass is 307 g/mol. The Bertz CT molecular complexity index is 676. The van der Waals surface area contributed by atoms with Gasteiger partial charge in [0.2, 0.25) is 0 Å². The van der Waals surface area contributed by atoms with Crippen molar-refractivity contribution in [3.8, 4) is 17.3 Å². The fourth-order valence-corrected chi connectivity index (χ4v) is 2.51. The average molecular weight is 307 g/mol. The highest BCUT2D eigenvalue weighted by Crippen LogP contribution is 2.25. The van der Waals surface area contributed by atoms with Gasteiger partial charge in [-0.25, -0.2) is 4.98 Å². The summed E-state index contributed by atoms with van der Waals surface area (Å²) in [6, 6.07) is 8.33. The molecule has 0 saturated heterocycles. The van der Waals surface area contributed by atoms with Crippen molar-refractivity contribution in [3.63, 3.8) is 0 Å². The topological polar surface area (TPSA) is 65.8 Å². The molecule has 21 heavy (non-hydrogen) atoms. The fraction of sp³-hybridized carbons (Fsp3) is 0.214. The summed E-state index contributed by atoms with van der Waals surface area (Å²) in [5, 5.41) is 13.3. The van der Waals surface area contributed by atoms with E-state index in [2.05, 4.69) is 10.3 Å². The van der Waals surface area contributed by atoms with Crippen molar-refractivity contribution < 1.29 is 13.6 Å². The summed E-state index contributed by atoms with van der Waals surface area (Å²) in [6.07, 6.45) is -3.04. The quantitative estimate of drug-likeness (QED) is 0.943. The van der Waals surface area contributed by atoms with Crippen molar-refractivity contribution in [2.75, 3.05) is 0 Å². The second-order valence-corrected chi connectivity index (χ2v) is 5.18. The van der Waals surface area contributed by atoms with Gasteiger partial charge in [0.15, 0.2) is 0 Å². The summed E-state index contributed by atoms with van der Waals surface area (Å²) in [7, 11) is 0. The van der Waals surface area contributed by atoms with Crippen LogP contribution in [0.5, 0.6) is 0 Å². The van der Waals surface area contributed by atoms with Crippen LogP contribution >= 0.6 is 11.3 Å². The zero-order valence-electron chi connectivity index (χ0n) is 11.0. The van der Waals surface area contributed by atoms with Gasteiger partial charge in [-0.3, -0.25) is 4.79 Å². The molecule has 1 atom stereocenters. The van der Waals surface area contributed by atoms with E-state index in [0.29, 0.717) is 16.3 Å². The van der Waals surface area contributed by atoms with Crippen LogP contribution in [-0.4, -0.2) is 17.3 Å². The number of nitriles is 1. The second kappa shape index (κ2) is 6.41. The molecule has 0 radical (unpaired) electrons. The Morgan fingerprint density at radius 3 is 2.62 bits per heavy atom. The molecule has 0 aliphatic carbocycles. The number of carbonyl (C=O) groups is 1. The van der Waals surface area contributed by atoms with Gasteiger partial charge in [-0.05, 0) is 19.1 Å². The Morgan fingerprint density at radius 1 is 1.38 bits per heavy atom. The highest BCUT2D eigenvalue weighted by molar-refractivity contribution is 7.10. The molecule has 1 aromatic carbocycles. The normalized spacial score (nSPS) is 12.0. The van der Waals surface area contributed by atoms with Crippen LogP contribution in [-0.2, 0) is 4.79 Å². The summed E-state index contributed by atoms with van der Waals surface area (Å²) in [4.78, 5) is 15.3. The lowest BCUT2D eigenvalue weighted by molar-refractivity contribution is -0.132. The number of alkyl halides is 2. The molecule has 108 valence electrons. The number of rotatable bonds is 4. The van der Waals surface area contributed by atoms with Crippen LogP contribution in [0.1, 0.15) is 23.5 Å². The first-order valence-electron chi connectivity index (χ1n) is 6.05. The maximum absolute atomic E-state index is 12.2. The van der Waals surface area contributed by atoms with Gasteiger partial charge in [-0.15, -0.1) is 11.3 Å². The maximum Gasteiger partial charge on any atom is 0.315 e.